The fourth-order valence-electron chi connectivity index (χ4n) is 2.98. The Balaban J connectivity index is 1.57. The lowest BCUT2D eigenvalue weighted by molar-refractivity contribution is 0.0693. The second kappa shape index (κ2) is 7.29. The molecular formula is C18H21N5O2. The van der Waals surface area contributed by atoms with Crippen molar-refractivity contribution in [1.29, 1.82) is 0 Å². The van der Waals surface area contributed by atoms with Gasteiger partial charge in [-0.25, -0.2) is 9.97 Å². The van der Waals surface area contributed by atoms with Crippen molar-refractivity contribution in [2.45, 2.75) is 25.8 Å². The van der Waals surface area contributed by atoms with Gasteiger partial charge in [-0.2, -0.15) is 0 Å². The maximum absolute atomic E-state index is 12.5. The van der Waals surface area contributed by atoms with Crippen molar-refractivity contribution in [1.82, 2.24) is 20.2 Å². The quantitative estimate of drug-likeness (QED) is 0.880. The number of nitrogens with one attached hydrogen (secondary N) is 1. The fourth-order valence-corrected chi connectivity index (χ4v) is 2.98. The van der Waals surface area contributed by atoms with Gasteiger partial charge in [0.25, 0.3) is 11.8 Å². The Bertz CT molecular complexity index is 785. The Labute approximate surface area is 146 Å². The van der Waals surface area contributed by atoms with Crippen molar-refractivity contribution >= 4 is 17.6 Å². The van der Waals surface area contributed by atoms with E-state index < -0.39 is 0 Å². The highest BCUT2D eigenvalue weighted by Gasteiger charge is 2.27. The van der Waals surface area contributed by atoms with Crippen molar-refractivity contribution < 1.29 is 9.59 Å². The van der Waals surface area contributed by atoms with E-state index in [0.717, 1.165) is 5.56 Å². The molecule has 2 aromatic rings. The Morgan fingerprint density at radius 3 is 2.52 bits per heavy atom. The lowest BCUT2D eigenvalue weighted by Gasteiger charge is -2.32. The molecule has 3 N–H and O–H groups in total. The number of nitrogens with two attached hydrogens (primary N) is 1. The van der Waals surface area contributed by atoms with Gasteiger partial charge in [0.05, 0.1) is 0 Å². The van der Waals surface area contributed by atoms with E-state index in [1.165, 1.54) is 12.4 Å². The first-order valence-corrected chi connectivity index (χ1v) is 8.28. The summed E-state index contributed by atoms with van der Waals surface area (Å²) < 4.78 is 0. The average molecular weight is 339 g/mol. The molecule has 1 saturated heterocycles. The molecule has 1 aromatic carbocycles. The number of likely N-dealkylation sites (tertiary alicyclic amines) is 1. The van der Waals surface area contributed by atoms with Crippen LogP contribution < -0.4 is 11.1 Å². The third-order valence-corrected chi connectivity index (χ3v) is 4.44. The monoisotopic (exact) mass is 339 g/mol. The number of hydrogen-bond donors (Lipinski definition) is 2. The number of aromatic nitrogens is 2. The first-order valence-electron chi connectivity index (χ1n) is 8.28. The van der Waals surface area contributed by atoms with E-state index in [-0.39, 0.29) is 29.4 Å². The lowest BCUT2D eigenvalue weighted by Crippen LogP contribution is -2.47. The molecule has 2 amide bonds. The maximum atomic E-state index is 12.5. The Hall–Kier alpha value is -2.96. The molecule has 1 aliphatic heterocycles. The number of carbonyl (C=O) groups excluding carboxylic acids is 2. The Morgan fingerprint density at radius 2 is 1.84 bits per heavy atom. The van der Waals surface area contributed by atoms with Gasteiger partial charge in [0.1, 0.15) is 0 Å². The summed E-state index contributed by atoms with van der Waals surface area (Å²) in [5.74, 6) is -0.141. The number of rotatable bonds is 3. The summed E-state index contributed by atoms with van der Waals surface area (Å²) in [6, 6.07) is 7.56. The molecule has 0 atom stereocenters. The van der Waals surface area contributed by atoms with Crippen LogP contribution in [0, 0.1) is 6.92 Å². The third kappa shape index (κ3) is 3.76. The van der Waals surface area contributed by atoms with Crippen LogP contribution in [0.3, 0.4) is 0 Å². The topological polar surface area (TPSA) is 101 Å². The summed E-state index contributed by atoms with van der Waals surface area (Å²) in [6.07, 6.45) is 4.31. The zero-order valence-corrected chi connectivity index (χ0v) is 14.1. The minimum atomic E-state index is -0.214. The maximum Gasteiger partial charge on any atom is 0.276 e. The predicted octanol–water partition coefficient (Wildman–Crippen LogP) is 1.40. The van der Waals surface area contributed by atoms with Crippen LogP contribution in [-0.4, -0.2) is 45.8 Å². The van der Waals surface area contributed by atoms with Gasteiger partial charge >= 0.3 is 0 Å². The number of amides is 2. The fraction of sp³-hybridized carbons (Fsp3) is 0.333. The van der Waals surface area contributed by atoms with E-state index in [9.17, 15) is 9.59 Å². The van der Waals surface area contributed by atoms with Crippen LogP contribution in [0.5, 0.6) is 0 Å². The zero-order chi connectivity index (χ0) is 17.8. The minimum Gasteiger partial charge on any atom is -0.382 e. The van der Waals surface area contributed by atoms with Crippen LogP contribution in [-0.2, 0) is 0 Å². The molecule has 0 radical (unpaired) electrons. The third-order valence-electron chi connectivity index (χ3n) is 4.44. The number of piperidine rings is 1. The highest BCUT2D eigenvalue weighted by atomic mass is 16.2. The van der Waals surface area contributed by atoms with Gasteiger partial charge in [-0.1, -0.05) is 18.2 Å². The lowest BCUT2D eigenvalue weighted by atomic mass is 10.0. The van der Waals surface area contributed by atoms with Crippen LogP contribution in [0.4, 0.5) is 5.82 Å². The normalized spacial score (nSPS) is 15.0. The van der Waals surface area contributed by atoms with Gasteiger partial charge in [-0.15, -0.1) is 0 Å². The zero-order valence-electron chi connectivity index (χ0n) is 14.1. The van der Waals surface area contributed by atoms with E-state index in [1.54, 1.807) is 4.90 Å². The number of carbonyl (C=O) groups is 2. The molecule has 130 valence electrons. The molecule has 0 saturated carbocycles. The summed E-state index contributed by atoms with van der Waals surface area (Å²) in [5.41, 5.74) is 7.54. The van der Waals surface area contributed by atoms with E-state index in [4.69, 9.17) is 5.73 Å². The van der Waals surface area contributed by atoms with Crippen LogP contribution in [0.2, 0.25) is 0 Å². The number of anilines is 1. The predicted molar refractivity (Wildman–Crippen MR) is 94.0 cm³/mol. The number of nitrogens with zero attached hydrogens (tertiary/aromatic N) is 3. The van der Waals surface area contributed by atoms with E-state index in [0.29, 0.717) is 31.5 Å². The van der Waals surface area contributed by atoms with E-state index >= 15 is 0 Å². The first kappa shape index (κ1) is 16.9. The number of aryl methyl sites for hydroxylation is 1. The van der Waals surface area contributed by atoms with Crippen molar-refractivity contribution in [3.63, 3.8) is 0 Å². The number of benzene rings is 1. The summed E-state index contributed by atoms with van der Waals surface area (Å²) >= 11 is 0. The SMILES string of the molecule is Cc1ccccc1C(=O)NC1CCN(C(=O)c2nccnc2N)CC1. The second-order valence-electron chi connectivity index (χ2n) is 6.15. The van der Waals surface area contributed by atoms with Crippen LogP contribution in [0.25, 0.3) is 0 Å². The molecule has 0 aliphatic carbocycles. The molecule has 25 heavy (non-hydrogen) atoms. The largest absolute Gasteiger partial charge is 0.382 e. The molecule has 7 heteroatoms. The molecule has 7 nitrogen and oxygen atoms in total. The molecule has 1 fully saturated rings. The summed E-state index contributed by atoms with van der Waals surface area (Å²) in [6.45, 7) is 3.02. The average Bonchev–Trinajstić information content (AvgIpc) is 2.62. The molecule has 0 spiro atoms. The summed E-state index contributed by atoms with van der Waals surface area (Å²) in [7, 11) is 0. The highest BCUT2D eigenvalue weighted by Crippen LogP contribution is 2.16. The Morgan fingerprint density at radius 1 is 1.16 bits per heavy atom. The standard InChI is InChI=1S/C18H21N5O2/c1-12-4-2-3-5-14(12)17(24)22-13-6-10-23(11-7-13)18(25)15-16(19)21-9-8-20-15/h2-5,8-9,13H,6-7,10-11H2,1H3,(H2,19,21)(H,22,24). The summed E-state index contributed by atoms with van der Waals surface area (Å²) in [5, 5.41) is 3.06. The van der Waals surface area contributed by atoms with Crippen molar-refractivity contribution in [3.05, 3.63) is 53.5 Å². The van der Waals surface area contributed by atoms with Gasteiger partial charge in [-0.3, -0.25) is 9.59 Å². The van der Waals surface area contributed by atoms with Gasteiger partial charge in [0, 0.05) is 37.1 Å². The number of hydrogen-bond acceptors (Lipinski definition) is 5. The van der Waals surface area contributed by atoms with Crippen molar-refractivity contribution in [2.75, 3.05) is 18.8 Å². The molecule has 3 rings (SSSR count). The Kier molecular flexibility index (Phi) is 4.92. The van der Waals surface area contributed by atoms with Crippen LogP contribution >= 0.6 is 0 Å². The van der Waals surface area contributed by atoms with Gasteiger partial charge < -0.3 is 16.0 Å². The van der Waals surface area contributed by atoms with Crippen LogP contribution in [0.15, 0.2) is 36.7 Å². The van der Waals surface area contributed by atoms with Gasteiger partial charge in [0.2, 0.25) is 0 Å². The van der Waals surface area contributed by atoms with Crippen LogP contribution in [0.1, 0.15) is 39.3 Å². The minimum absolute atomic E-state index is 0.0513. The van der Waals surface area contributed by atoms with Gasteiger partial charge in [-0.05, 0) is 31.4 Å². The smallest absolute Gasteiger partial charge is 0.276 e. The van der Waals surface area contributed by atoms with E-state index in [1.807, 2.05) is 31.2 Å². The second-order valence-corrected chi connectivity index (χ2v) is 6.15. The molecular weight excluding hydrogens is 318 g/mol. The number of nitrogen functional groups attached to an aromatic ring is 1. The van der Waals surface area contributed by atoms with E-state index in [2.05, 4.69) is 15.3 Å². The highest BCUT2D eigenvalue weighted by molar-refractivity contribution is 5.97. The molecule has 0 bridgehead atoms. The molecule has 1 aromatic heterocycles. The summed E-state index contributed by atoms with van der Waals surface area (Å²) in [4.78, 5) is 34.5. The van der Waals surface area contributed by atoms with Crippen molar-refractivity contribution in [3.8, 4) is 0 Å². The molecule has 0 unspecified atom stereocenters. The molecule has 1 aliphatic rings. The molecule has 2 heterocycles. The first-order chi connectivity index (χ1) is 12.1. The van der Waals surface area contributed by atoms with Gasteiger partial charge in [0.15, 0.2) is 11.5 Å². The van der Waals surface area contributed by atoms with Crippen molar-refractivity contribution in [2.24, 2.45) is 0 Å².